The van der Waals surface area contributed by atoms with Crippen LogP contribution in [0.5, 0.6) is 0 Å². The Morgan fingerprint density at radius 3 is 2.53 bits per heavy atom. The van der Waals surface area contributed by atoms with Crippen molar-refractivity contribution in [2.45, 2.75) is 38.8 Å². The maximum absolute atomic E-state index is 12.3. The van der Waals surface area contributed by atoms with E-state index in [4.69, 9.17) is 0 Å². The first-order valence-electron chi connectivity index (χ1n) is 5.05. The van der Waals surface area contributed by atoms with Crippen molar-refractivity contribution in [1.29, 1.82) is 0 Å². The van der Waals surface area contributed by atoms with Crippen LogP contribution in [0.25, 0.3) is 0 Å². The Kier molecular flexibility index (Phi) is 4.12. The zero-order valence-electron chi connectivity index (χ0n) is 8.64. The second-order valence-electron chi connectivity index (χ2n) is 3.54. The van der Waals surface area contributed by atoms with Crippen LogP contribution in [0, 0.1) is 0 Å². The van der Waals surface area contributed by atoms with E-state index in [1.807, 2.05) is 0 Å². The molecule has 0 N–H and O–H groups in total. The first-order chi connectivity index (χ1) is 7.04. The number of rotatable bonds is 4. The van der Waals surface area contributed by atoms with E-state index in [0.29, 0.717) is 12.0 Å². The molecule has 1 rings (SSSR count). The van der Waals surface area contributed by atoms with E-state index in [2.05, 4.69) is 11.9 Å². The normalized spacial score (nSPS) is 11.7. The molecular formula is C11H14F3N. The molecule has 0 amide bonds. The molecule has 0 aromatic carbocycles. The lowest BCUT2D eigenvalue weighted by Gasteiger charge is -2.07. The SMILES string of the molecule is CCCCCc1cncc(C(F)(F)F)c1. The van der Waals surface area contributed by atoms with Crippen LogP contribution in [-0.4, -0.2) is 4.98 Å². The molecule has 0 fully saturated rings. The predicted molar refractivity (Wildman–Crippen MR) is 52.5 cm³/mol. The number of halogens is 3. The molecule has 0 radical (unpaired) electrons. The smallest absolute Gasteiger partial charge is 0.264 e. The van der Waals surface area contributed by atoms with Gasteiger partial charge in [-0.15, -0.1) is 0 Å². The Labute approximate surface area is 87.3 Å². The first kappa shape index (κ1) is 12.0. The van der Waals surface area contributed by atoms with E-state index in [9.17, 15) is 13.2 Å². The lowest BCUT2D eigenvalue weighted by Crippen LogP contribution is -2.06. The highest BCUT2D eigenvalue weighted by atomic mass is 19.4. The monoisotopic (exact) mass is 217 g/mol. The van der Waals surface area contributed by atoms with Crippen molar-refractivity contribution in [3.8, 4) is 0 Å². The lowest BCUT2D eigenvalue weighted by atomic mass is 10.1. The molecule has 1 nitrogen and oxygen atoms in total. The average Bonchev–Trinajstić information content (AvgIpc) is 2.17. The molecule has 0 saturated heterocycles. The number of alkyl halides is 3. The minimum absolute atomic E-state index is 0.656. The van der Waals surface area contributed by atoms with Crippen LogP contribution in [0.2, 0.25) is 0 Å². The number of aryl methyl sites for hydroxylation is 1. The highest BCUT2D eigenvalue weighted by Gasteiger charge is 2.30. The van der Waals surface area contributed by atoms with E-state index in [1.54, 1.807) is 0 Å². The van der Waals surface area contributed by atoms with Crippen LogP contribution in [0.15, 0.2) is 18.5 Å². The summed E-state index contributed by atoms with van der Waals surface area (Å²) in [7, 11) is 0. The molecule has 0 saturated carbocycles. The molecule has 1 aromatic heterocycles. The van der Waals surface area contributed by atoms with Gasteiger partial charge in [0.05, 0.1) is 5.56 Å². The van der Waals surface area contributed by atoms with Gasteiger partial charge in [-0.3, -0.25) is 4.98 Å². The van der Waals surface area contributed by atoms with Crippen LogP contribution in [0.4, 0.5) is 13.2 Å². The molecule has 1 heterocycles. The van der Waals surface area contributed by atoms with Gasteiger partial charge in [-0.1, -0.05) is 19.8 Å². The molecule has 0 aliphatic carbocycles. The van der Waals surface area contributed by atoms with Gasteiger partial charge in [0.15, 0.2) is 0 Å². The van der Waals surface area contributed by atoms with Crippen molar-refractivity contribution in [1.82, 2.24) is 4.98 Å². The summed E-state index contributed by atoms with van der Waals surface area (Å²) in [5.74, 6) is 0. The van der Waals surface area contributed by atoms with Gasteiger partial charge in [0, 0.05) is 12.4 Å². The second kappa shape index (κ2) is 5.14. The molecule has 84 valence electrons. The number of nitrogens with zero attached hydrogens (tertiary/aromatic N) is 1. The minimum Gasteiger partial charge on any atom is -0.264 e. The number of unbranched alkanes of at least 4 members (excludes halogenated alkanes) is 2. The Morgan fingerprint density at radius 1 is 1.20 bits per heavy atom. The van der Waals surface area contributed by atoms with Crippen LogP contribution >= 0.6 is 0 Å². The summed E-state index contributed by atoms with van der Waals surface area (Å²) < 4.78 is 36.9. The number of hydrogen-bond donors (Lipinski definition) is 0. The Bertz CT molecular complexity index is 307. The van der Waals surface area contributed by atoms with E-state index < -0.39 is 11.7 Å². The maximum Gasteiger partial charge on any atom is 0.417 e. The summed E-state index contributed by atoms with van der Waals surface area (Å²) in [6, 6.07) is 1.18. The van der Waals surface area contributed by atoms with Gasteiger partial charge in [-0.25, -0.2) is 0 Å². The molecule has 1 aromatic rings. The fraction of sp³-hybridized carbons (Fsp3) is 0.545. The van der Waals surface area contributed by atoms with Crippen LogP contribution in [0.3, 0.4) is 0 Å². The molecule has 0 unspecified atom stereocenters. The van der Waals surface area contributed by atoms with Gasteiger partial charge >= 0.3 is 6.18 Å². The third-order valence-corrected chi connectivity index (χ3v) is 2.19. The minimum atomic E-state index is -4.28. The van der Waals surface area contributed by atoms with Crippen molar-refractivity contribution >= 4 is 0 Å². The molecule has 4 heteroatoms. The van der Waals surface area contributed by atoms with E-state index in [0.717, 1.165) is 25.5 Å². The third kappa shape index (κ3) is 3.90. The topological polar surface area (TPSA) is 12.9 Å². The van der Waals surface area contributed by atoms with Crippen LogP contribution in [0.1, 0.15) is 37.3 Å². The molecular weight excluding hydrogens is 203 g/mol. The Morgan fingerprint density at radius 2 is 1.93 bits per heavy atom. The summed E-state index contributed by atoms with van der Waals surface area (Å²) in [6.07, 6.45) is 1.77. The zero-order chi connectivity index (χ0) is 11.3. The first-order valence-corrected chi connectivity index (χ1v) is 5.05. The number of aromatic nitrogens is 1. The summed E-state index contributed by atoms with van der Waals surface area (Å²) in [5, 5.41) is 0. The van der Waals surface area contributed by atoms with Gasteiger partial charge in [0.1, 0.15) is 0 Å². The highest BCUT2D eigenvalue weighted by molar-refractivity contribution is 5.20. The van der Waals surface area contributed by atoms with Crippen LogP contribution < -0.4 is 0 Å². The van der Waals surface area contributed by atoms with Crippen molar-refractivity contribution in [3.05, 3.63) is 29.6 Å². The number of hydrogen-bond acceptors (Lipinski definition) is 1. The average molecular weight is 217 g/mol. The third-order valence-electron chi connectivity index (χ3n) is 2.19. The van der Waals surface area contributed by atoms with Crippen molar-refractivity contribution in [3.63, 3.8) is 0 Å². The van der Waals surface area contributed by atoms with Crippen LogP contribution in [-0.2, 0) is 12.6 Å². The molecule has 0 aliphatic heterocycles. The highest BCUT2D eigenvalue weighted by Crippen LogP contribution is 2.29. The molecule has 0 spiro atoms. The lowest BCUT2D eigenvalue weighted by molar-refractivity contribution is -0.137. The van der Waals surface area contributed by atoms with Gasteiger partial charge in [-0.05, 0) is 24.5 Å². The van der Waals surface area contributed by atoms with Gasteiger partial charge in [-0.2, -0.15) is 13.2 Å². The summed E-state index contributed by atoms with van der Waals surface area (Å²) in [4.78, 5) is 3.61. The summed E-state index contributed by atoms with van der Waals surface area (Å²) in [6.45, 7) is 2.06. The largest absolute Gasteiger partial charge is 0.417 e. The van der Waals surface area contributed by atoms with Crippen molar-refractivity contribution < 1.29 is 13.2 Å². The standard InChI is InChI=1S/C11H14F3N/c1-2-3-4-5-9-6-10(8-15-7-9)11(12,13)14/h6-8H,2-5H2,1H3. The molecule has 0 aliphatic rings. The van der Waals surface area contributed by atoms with Gasteiger partial charge < -0.3 is 0 Å². The molecule has 0 atom stereocenters. The van der Waals surface area contributed by atoms with E-state index in [1.165, 1.54) is 12.3 Å². The van der Waals surface area contributed by atoms with E-state index >= 15 is 0 Å². The fourth-order valence-electron chi connectivity index (χ4n) is 1.36. The Balaban J connectivity index is 2.66. The van der Waals surface area contributed by atoms with Crippen molar-refractivity contribution in [2.75, 3.05) is 0 Å². The maximum atomic E-state index is 12.3. The zero-order valence-corrected chi connectivity index (χ0v) is 8.64. The fourth-order valence-corrected chi connectivity index (χ4v) is 1.36. The quantitative estimate of drug-likeness (QED) is 0.698. The molecule has 15 heavy (non-hydrogen) atoms. The molecule has 0 bridgehead atoms. The number of pyridine rings is 1. The van der Waals surface area contributed by atoms with E-state index in [-0.39, 0.29) is 0 Å². The van der Waals surface area contributed by atoms with Crippen molar-refractivity contribution in [2.24, 2.45) is 0 Å². The van der Waals surface area contributed by atoms with Gasteiger partial charge in [0.25, 0.3) is 0 Å². The Hall–Kier alpha value is -1.06. The predicted octanol–water partition coefficient (Wildman–Crippen LogP) is 3.83. The summed E-state index contributed by atoms with van der Waals surface area (Å²) in [5.41, 5.74) is 0.00905. The second-order valence-corrected chi connectivity index (χ2v) is 3.54. The van der Waals surface area contributed by atoms with Gasteiger partial charge in [0.2, 0.25) is 0 Å². The summed E-state index contributed by atoms with van der Waals surface area (Å²) >= 11 is 0.